The van der Waals surface area contributed by atoms with E-state index in [9.17, 15) is 9.59 Å². The molecule has 1 aromatic carbocycles. The highest BCUT2D eigenvalue weighted by molar-refractivity contribution is 14.1. The van der Waals surface area contributed by atoms with Crippen LogP contribution in [0, 0.1) is 3.57 Å². The van der Waals surface area contributed by atoms with Gasteiger partial charge in [0.15, 0.2) is 0 Å². The second-order valence-corrected chi connectivity index (χ2v) is 7.67. The number of carbonyl (C=O) groups excluding carboxylic acids is 2. The molecule has 0 N–H and O–H groups in total. The number of hydrogen-bond donors (Lipinski definition) is 0. The van der Waals surface area contributed by atoms with Crippen molar-refractivity contribution in [1.29, 1.82) is 0 Å². The first-order valence-corrected chi connectivity index (χ1v) is 8.74. The molecule has 1 atom stereocenters. The van der Waals surface area contributed by atoms with E-state index >= 15 is 0 Å². The first-order valence-electron chi connectivity index (χ1n) is 7.29. The third-order valence-electron chi connectivity index (χ3n) is 4.44. The van der Waals surface area contributed by atoms with Crippen molar-refractivity contribution in [3.63, 3.8) is 0 Å². The molecule has 1 aliphatic heterocycles. The molecule has 0 bridgehead atoms. The molecule has 6 nitrogen and oxygen atoms in total. The van der Waals surface area contributed by atoms with E-state index in [-0.39, 0.29) is 12.3 Å². The maximum atomic E-state index is 12.9. The number of anilines is 1. The Kier molecular flexibility index (Phi) is 4.33. The average Bonchev–Trinajstić information content (AvgIpc) is 2.94. The number of nitrogens with zero attached hydrogens (tertiary/aromatic N) is 4. The summed E-state index contributed by atoms with van der Waals surface area (Å²) in [6.45, 7) is 1.87. The molecule has 3 rings (SSSR count). The molecular weight excluding hydrogens is 443 g/mol. The van der Waals surface area contributed by atoms with Crippen LogP contribution in [0.3, 0.4) is 0 Å². The number of urea groups is 1. The summed E-state index contributed by atoms with van der Waals surface area (Å²) in [6, 6.07) is 4.84. The molecule has 24 heavy (non-hydrogen) atoms. The fourth-order valence-corrected chi connectivity index (χ4v) is 3.80. The number of aryl methyl sites for hydroxylation is 1. The number of rotatable bonds is 2. The number of halogens is 2. The minimum Gasteiger partial charge on any atom is -0.317 e. The molecule has 1 aromatic heterocycles. The minimum atomic E-state index is -0.741. The Labute approximate surface area is 158 Å². The zero-order valence-electron chi connectivity index (χ0n) is 13.5. The van der Waals surface area contributed by atoms with E-state index < -0.39 is 11.6 Å². The Morgan fingerprint density at radius 1 is 1.29 bits per heavy atom. The molecule has 0 spiro atoms. The van der Waals surface area contributed by atoms with Gasteiger partial charge < -0.3 is 4.90 Å². The van der Waals surface area contributed by atoms with Gasteiger partial charge in [0.05, 0.1) is 28.9 Å². The number of amides is 3. The summed E-state index contributed by atoms with van der Waals surface area (Å²) in [5.41, 5.74) is 0.490. The lowest BCUT2D eigenvalue weighted by atomic mass is 9.87. The van der Waals surface area contributed by atoms with Crippen LogP contribution >= 0.6 is 34.2 Å². The Hall–Kier alpha value is -1.61. The van der Waals surface area contributed by atoms with Crippen LogP contribution in [-0.4, -0.2) is 33.7 Å². The molecule has 0 saturated carbocycles. The molecule has 0 radical (unpaired) electrons. The maximum Gasteiger partial charge on any atom is 0.331 e. The largest absolute Gasteiger partial charge is 0.331 e. The number of aromatic nitrogens is 2. The zero-order chi connectivity index (χ0) is 17.6. The van der Waals surface area contributed by atoms with E-state index in [4.69, 9.17) is 11.6 Å². The van der Waals surface area contributed by atoms with E-state index in [1.165, 1.54) is 0 Å². The number of carbonyl (C=O) groups is 2. The number of hydrogen-bond acceptors (Lipinski definition) is 3. The molecule has 126 valence electrons. The van der Waals surface area contributed by atoms with Crippen molar-refractivity contribution < 1.29 is 9.59 Å². The summed E-state index contributed by atoms with van der Waals surface area (Å²) < 4.78 is 2.60. The van der Waals surface area contributed by atoms with E-state index in [2.05, 4.69) is 27.7 Å². The molecule has 1 unspecified atom stereocenters. The van der Waals surface area contributed by atoms with E-state index in [1.807, 2.05) is 19.2 Å². The summed E-state index contributed by atoms with van der Waals surface area (Å²) in [6.07, 6.45) is 3.67. The summed E-state index contributed by atoms with van der Waals surface area (Å²) in [4.78, 5) is 28.4. The van der Waals surface area contributed by atoms with Gasteiger partial charge in [0.2, 0.25) is 5.91 Å². The summed E-state index contributed by atoms with van der Waals surface area (Å²) in [5, 5.41) is 4.53. The van der Waals surface area contributed by atoms with Crippen LogP contribution in [-0.2, 0) is 17.4 Å². The van der Waals surface area contributed by atoms with Crippen LogP contribution in [0.25, 0.3) is 0 Å². The van der Waals surface area contributed by atoms with Crippen LogP contribution in [0.4, 0.5) is 10.5 Å². The van der Waals surface area contributed by atoms with E-state index in [0.717, 1.165) is 14.0 Å². The first-order chi connectivity index (χ1) is 11.2. The Bertz CT molecular complexity index is 837. The molecule has 0 aliphatic carbocycles. The molecule has 1 aliphatic rings. The van der Waals surface area contributed by atoms with Crippen molar-refractivity contribution in [3.8, 4) is 0 Å². The molecular formula is C16H16ClIN4O2. The van der Waals surface area contributed by atoms with Crippen molar-refractivity contribution in [3.05, 3.63) is 44.7 Å². The van der Waals surface area contributed by atoms with E-state index in [1.54, 1.807) is 42.0 Å². The molecule has 1 saturated heterocycles. The zero-order valence-corrected chi connectivity index (χ0v) is 16.4. The third-order valence-corrected chi connectivity index (χ3v) is 5.41. The lowest BCUT2D eigenvalue weighted by Gasteiger charge is -2.45. The first kappa shape index (κ1) is 17.2. The van der Waals surface area contributed by atoms with Crippen LogP contribution in [0.15, 0.2) is 30.6 Å². The summed E-state index contributed by atoms with van der Waals surface area (Å²) >= 11 is 8.38. The summed E-state index contributed by atoms with van der Waals surface area (Å²) in [7, 11) is 3.49. The average molecular weight is 459 g/mol. The van der Waals surface area contributed by atoms with Crippen molar-refractivity contribution in [2.75, 3.05) is 11.9 Å². The monoisotopic (exact) mass is 458 g/mol. The van der Waals surface area contributed by atoms with Gasteiger partial charge in [-0.2, -0.15) is 5.10 Å². The van der Waals surface area contributed by atoms with Crippen molar-refractivity contribution in [2.45, 2.75) is 18.9 Å². The fraction of sp³-hybridized carbons (Fsp3) is 0.312. The maximum absolute atomic E-state index is 12.9. The smallest absolute Gasteiger partial charge is 0.317 e. The van der Waals surface area contributed by atoms with Crippen molar-refractivity contribution >= 4 is 51.8 Å². The molecule has 3 amide bonds. The standard InChI is InChI=1S/C16H16ClIN4O2/c1-16(10-8-19-20(2)9-10)7-14(23)22(15(24)21(16)3)13-5-4-11(18)6-12(13)17/h4-6,8-9H,7H2,1-3H3. The highest BCUT2D eigenvalue weighted by Crippen LogP contribution is 2.39. The Morgan fingerprint density at radius 2 is 2.00 bits per heavy atom. The van der Waals surface area contributed by atoms with Gasteiger partial charge in [-0.25, -0.2) is 9.69 Å². The minimum absolute atomic E-state index is 0.156. The number of benzene rings is 1. The lowest BCUT2D eigenvalue weighted by Crippen LogP contribution is -2.59. The van der Waals surface area contributed by atoms with Gasteiger partial charge in [-0.3, -0.25) is 9.48 Å². The van der Waals surface area contributed by atoms with Gasteiger partial charge in [-0.05, 0) is 47.7 Å². The van der Waals surface area contributed by atoms with Crippen LogP contribution in [0.1, 0.15) is 18.9 Å². The van der Waals surface area contributed by atoms with Crippen LogP contribution in [0.5, 0.6) is 0 Å². The topological polar surface area (TPSA) is 58.4 Å². The fourth-order valence-electron chi connectivity index (χ4n) is 2.85. The molecule has 8 heteroatoms. The highest BCUT2D eigenvalue weighted by atomic mass is 127. The molecule has 2 aromatic rings. The van der Waals surface area contributed by atoms with E-state index in [0.29, 0.717) is 10.7 Å². The molecule has 2 heterocycles. The normalized spacial score (nSPS) is 21.5. The SMILES string of the molecule is CN1C(=O)N(c2ccc(I)cc2Cl)C(=O)CC1(C)c1cnn(C)c1. The Balaban J connectivity index is 2.01. The van der Waals surface area contributed by atoms with Gasteiger partial charge in [-0.15, -0.1) is 0 Å². The third kappa shape index (κ3) is 2.69. The van der Waals surface area contributed by atoms with Gasteiger partial charge >= 0.3 is 6.03 Å². The lowest BCUT2D eigenvalue weighted by molar-refractivity contribution is -0.122. The van der Waals surface area contributed by atoms with Gasteiger partial charge in [0.25, 0.3) is 0 Å². The van der Waals surface area contributed by atoms with Gasteiger partial charge in [-0.1, -0.05) is 11.6 Å². The predicted molar refractivity (Wildman–Crippen MR) is 100.0 cm³/mol. The van der Waals surface area contributed by atoms with Crippen molar-refractivity contribution in [1.82, 2.24) is 14.7 Å². The second-order valence-electron chi connectivity index (χ2n) is 6.02. The second kappa shape index (κ2) is 6.03. The van der Waals surface area contributed by atoms with Gasteiger partial charge in [0, 0.05) is 29.4 Å². The van der Waals surface area contributed by atoms with Gasteiger partial charge in [0.1, 0.15) is 0 Å². The van der Waals surface area contributed by atoms with Crippen molar-refractivity contribution in [2.24, 2.45) is 7.05 Å². The number of imide groups is 1. The highest BCUT2D eigenvalue weighted by Gasteiger charge is 2.47. The predicted octanol–water partition coefficient (Wildman–Crippen LogP) is 3.38. The quantitative estimate of drug-likeness (QED) is 0.648. The van der Waals surface area contributed by atoms with Crippen LogP contribution < -0.4 is 4.90 Å². The van der Waals surface area contributed by atoms with Crippen LogP contribution in [0.2, 0.25) is 5.02 Å². The Morgan fingerprint density at radius 3 is 2.58 bits per heavy atom. The summed E-state index contributed by atoms with van der Waals surface area (Å²) in [5.74, 6) is -0.285. The molecule has 1 fully saturated rings.